The van der Waals surface area contributed by atoms with Gasteiger partial charge in [0.25, 0.3) is 0 Å². The Morgan fingerprint density at radius 1 is 1.33 bits per heavy atom. The minimum absolute atomic E-state index is 0.0919. The van der Waals surface area contributed by atoms with Crippen LogP contribution in [-0.4, -0.2) is 38.3 Å². The summed E-state index contributed by atoms with van der Waals surface area (Å²) in [6, 6.07) is 6.61. The summed E-state index contributed by atoms with van der Waals surface area (Å²) >= 11 is 0. The van der Waals surface area contributed by atoms with E-state index in [1.54, 1.807) is 12.1 Å². The number of nitrogens with zero attached hydrogens (tertiary/aromatic N) is 1. The van der Waals surface area contributed by atoms with Gasteiger partial charge in [0.2, 0.25) is 15.9 Å². The molecule has 3 N–H and O–H groups in total. The van der Waals surface area contributed by atoms with Crippen molar-refractivity contribution in [2.45, 2.75) is 31.2 Å². The monoisotopic (exact) mass is 311 g/mol. The highest BCUT2D eigenvalue weighted by molar-refractivity contribution is 7.88. The van der Waals surface area contributed by atoms with Gasteiger partial charge in [-0.1, -0.05) is 24.3 Å². The minimum Gasteiger partial charge on any atom is -0.358 e. The second-order valence-electron chi connectivity index (χ2n) is 5.16. The molecule has 0 saturated carbocycles. The third-order valence-corrected chi connectivity index (χ3v) is 5.57. The summed E-state index contributed by atoms with van der Waals surface area (Å²) in [7, 11) is -1.97. The second-order valence-corrected chi connectivity index (χ2v) is 7.08. The molecule has 1 aliphatic rings. The van der Waals surface area contributed by atoms with Crippen molar-refractivity contribution >= 4 is 15.9 Å². The Morgan fingerprint density at radius 2 is 1.95 bits per heavy atom. The molecule has 0 spiro atoms. The number of carbonyl (C=O) groups is 1. The van der Waals surface area contributed by atoms with Gasteiger partial charge in [-0.25, -0.2) is 8.42 Å². The maximum Gasteiger partial charge on any atom is 0.238 e. The summed E-state index contributed by atoms with van der Waals surface area (Å²) in [5.74, 6) is -0.333. The number of sulfonamides is 1. The van der Waals surface area contributed by atoms with E-state index in [2.05, 4.69) is 5.32 Å². The van der Waals surface area contributed by atoms with Gasteiger partial charge in [0.15, 0.2) is 0 Å². The zero-order chi connectivity index (χ0) is 15.5. The molecular weight excluding hydrogens is 290 g/mol. The van der Waals surface area contributed by atoms with Gasteiger partial charge >= 0.3 is 0 Å². The molecule has 0 aliphatic carbocycles. The van der Waals surface area contributed by atoms with Crippen molar-refractivity contribution in [1.29, 1.82) is 0 Å². The highest BCUT2D eigenvalue weighted by Crippen LogP contribution is 2.23. The maximum atomic E-state index is 12.5. The molecule has 0 aromatic heterocycles. The van der Waals surface area contributed by atoms with Crippen molar-refractivity contribution in [3.63, 3.8) is 0 Å². The molecule has 1 fully saturated rings. The van der Waals surface area contributed by atoms with E-state index in [0.29, 0.717) is 31.5 Å². The molecule has 6 nitrogen and oxygen atoms in total. The Balaban J connectivity index is 2.15. The van der Waals surface area contributed by atoms with Crippen molar-refractivity contribution in [3.05, 3.63) is 35.4 Å². The molecule has 1 aromatic rings. The summed E-state index contributed by atoms with van der Waals surface area (Å²) in [4.78, 5) is 11.8. The molecule has 1 amide bonds. The van der Waals surface area contributed by atoms with Crippen LogP contribution in [0.25, 0.3) is 0 Å². The largest absolute Gasteiger partial charge is 0.358 e. The molecule has 7 heteroatoms. The fourth-order valence-electron chi connectivity index (χ4n) is 2.57. The summed E-state index contributed by atoms with van der Waals surface area (Å²) in [5, 5.41) is 2.53. The zero-order valence-corrected chi connectivity index (χ0v) is 12.9. The Morgan fingerprint density at radius 3 is 2.52 bits per heavy atom. The van der Waals surface area contributed by atoms with Crippen LogP contribution < -0.4 is 11.1 Å². The first-order valence-electron chi connectivity index (χ1n) is 6.97. The average Bonchev–Trinajstić information content (AvgIpc) is 2.97. The summed E-state index contributed by atoms with van der Waals surface area (Å²) in [5.41, 5.74) is 7.18. The molecule has 116 valence electrons. The van der Waals surface area contributed by atoms with Crippen molar-refractivity contribution in [1.82, 2.24) is 9.62 Å². The Hall–Kier alpha value is -1.44. The Kier molecular flexibility index (Phi) is 4.97. The lowest BCUT2D eigenvalue weighted by atomic mass is 10.1. The zero-order valence-electron chi connectivity index (χ0n) is 12.1. The van der Waals surface area contributed by atoms with E-state index in [9.17, 15) is 13.2 Å². The van der Waals surface area contributed by atoms with Gasteiger partial charge in [0.05, 0.1) is 5.75 Å². The molecule has 0 radical (unpaired) electrons. The molecule has 2 rings (SSSR count). The standard InChI is InChI=1S/C14H21N3O3S/c1-16-14(18)13-3-2-8-17(13)21(19,20)10-12-6-4-11(9-15)5-7-12/h4-7,13H,2-3,8-10,15H2,1H3,(H,16,18). The number of hydrogen-bond donors (Lipinski definition) is 2. The van der Waals surface area contributed by atoms with E-state index in [4.69, 9.17) is 5.73 Å². The fourth-order valence-corrected chi connectivity index (χ4v) is 4.34. The van der Waals surface area contributed by atoms with Crippen LogP contribution in [0.2, 0.25) is 0 Å². The molecule has 1 atom stereocenters. The number of amides is 1. The highest BCUT2D eigenvalue weighted by Gasteiger charge is 2.37. The van der Waals surface area contributed by atoms with Crippen molar-refractivity contribution in [2.75, 3.05) is 13.6 Å². The third-order valence-electron chi connectivity index (χ3n) is 3.72. The fraction of sp³-hybridized carbons (Fsp3) is 0.500. The molecule has 1 aromatic carbocycles. The molecular formula is C14H21N3O3S. The van der Waals surface area contributed by atoms with Gasteiger partial charge < -0.3 is 11.1 Å². The Bertz CT molecular complexity index is 598. The SMILES string of the molecule is CNC(=O)C1CCCN1S(=O)(=O)Cc1ccc(CN)cc1. The van der Waals surface area contributed by atoms with Crippen molar-refractivity contribution < 1.29 is 13.2 Å². The van der Waals surface area contributed by atoms with E-state index in [1.165, 1.54) is 11.4 Å². The van der Waals surface area contributed by atoms with E-state index in [-0.39, 0.29) is 11.7 Å². The van der Waals surface area contributed by atoms with Gasteiger partial charge in [-0.2, -0.15) is 4.31 Å². The van der Waals surface area contributed by atoms with Gasteiger partial charge in [-0.05, 0) is 24.0 Å². The lowest BCUT2D eigenvalue weighted by molar-refractivity contribution is -0.123. The molecule has 1 unspecified atom stereocenters. The molecule has 1 saturated heterocycles. The normalized spacial score (nSPS) is 19.6. The number of nitrogens with two attached hydrogens (primary N) is 1. The predicted molar refractivity (Wildman–Crippen MR) is 80.8 cm³/mol. The molecule has 1 aliphatic heterocycles. The Labute approximate surface area is 125 Å². The predicted octanol–water partition coefficient (Wildman–Crippen LogP) is 0.186. The van der Waals surface area contributed by atoms with E-state index in [0.717, 1.165) is 5.56 Å². The molecule has 1 heterocycles. The number of rotatable bonds is 5. The van der Waals surface area contributed by atoms with E-state index < -0.39 is 16.1 Å². The van der Waals surface area contributed by atoms with Crippen LogP contribution in [0.3, 0.4) is 0 Å². The average molecular weight is 311 g/mol. The third kappa shape index (κ3) is 3.61. The van der Waals surface area contributed by atoms with Gasteiger partial charge in [-0.3, -0.25) is 4.79 Å². The number of benzene rings is 1. The van der Waals surface area contributed by atoms with E-state index in [1.807, 2.05) is 12.1 Å². The smallest absolute Gasteiger partial charge is 0.238 e. The lowest BCUT2D eigenvalue weighted by Gasteiger charge is -2.22. The van der Waals surface area contributed by atoms with Crippen LogP contribution in [-0.2, 0) is 27.1 Å². The summed E-state index contributed by atoms with van der Waals surface area (Å²) in [6.07, 6.45) is 1.29. The number of likely N-dealkylation sites (N-methyl/N-ethyl adjacent to an activating group) is 1. The maximum absolute atomic E-state index is 12.5. The first-order chi connectivity index (χ1) is 9.97. The lowest BCUT2D eigenvalue weighted by Crippen LogP contribution is -2.45. The number of hydrogen-bond acceptors (Lipinski definition) is 4. The first kappa shape index (κ1) is 15.9. The van der Waals surface area contributed by atoms with Gasteiger partial charge in [0, 0.05) is 20.1 Å². The van der Waals surface area contributed by atoms with Crippen molar-refractivity contribution in [3.8, 4) is 0 Å². The molecule has 0 bridgehead atoms. The highest BCUT2D eigenvalue weighted by atomic mass is 32.2. The van der Waals surface area contributed by atoms with Crippen LogP contribution >= 0.6 is 0 Å². The quantitative estimate of drug-likeness (QED) is 0.811. The number of nitrogens with one attached hydrogen (secondary N) is 1. The van der Waals surface area contributed by atoms with Crippen LogP contribution in [0.1, 0.15) is 24.0 Å². The van der Waals surface area contributed by atoms with Crippen LogP contribution in [0.4, 0.5) is 0 Å². The second kappa shape index (κ2) is 6.55. The van der Waals surface area contributed by atoms with Gasteiger partial charge in [-0.15, -0.1) is 0 Å². The first-order valence-corrected chi connectivity index (χ1v) is 8.58. The van der Waals surface area contributed by atoms with Gasteiger partial charge in [0.1, 0.15) is 6.04 Å². The number of carbonyl (C=O) groups excluding carboxylic acids is 1. The van der Waals surface area contributed by atoms with Crippen LogP contribution in [0.5, 0.6) is 0 Å². The summed E-state index contributed by atoms with van der Waals surface area (Å²) in [6.45, 7) is 0.833. The summed E-state index contributed by atoms with van der Waals surface area (Å²) < 4.78 is 26.3. The topological polar surface area (TPSA) is 92.5 Å². The van der Waals surface area contributed by atoms with Crippen LogP contribution in [0.15, 0.2) is 24.3 Å². The molecule has 21 heavy (non-hydrogen) atoms. The van der Waals surface area contributed by atoms with Crippen LogP contribution in [0, 0.1) is 0 Å². The van der Waals surface area contributed by atoms with E-state index >= 15 is 0 Å². The van der Waals surface area contributed by atoms with Crippen molar-refractivity contribution in [2.24, 2.45) is 5.73 Å². The minimum atomic E-state index is -3.50.